The molecule has 2 nitrogen and oxygen atoms in total. The van der Waals surface area contributed by atoms with Crippen LogP contribution in [0.4, 0.5) is 17.1 Å². The van der Waals surface area contributed by atoms with E-state index in [1.54, 1.807) is 0 Å². The van der Waals surface area contributed by atoms with E-state index < -0.39 is 5.41 Å². The highest BCUT2D eigenvalue weighted by atomic mass is 16.3. The molecule has 0 atom stereocenters. The highest BCUT2D eigenvalue weighted by molar-refractivity contribution is 6.07. The minimum Gasteiger partial charge on any atom is -0.456 e. The molecule has 1 aliphatic carbocycles. The van der Waals surface area contributed by atoms with Gasteiger partial charge in [-0.05, 0) is 115 Å². The lowest BCUT2D eigenvalue weighted by molar-refractivity contribution is 0.669. The van der Waals surface area contributed by atoms with Crippen LogP contribution in [-0.2, 0) is 5.41 Å². The van der Waals surface area contributed by atoms with Crippen LogP contribution < -0.4 is 4.90 Å². The molecule has 0 unspecified atom stereocenters. The molecule has 11 aromatic rings. The normalized spacial score (nSPS) is 12.7. The Hall–Kier alpha value is -7.94. The summed E-state index contributed by atoms with van der Waals surface area (Å²) in [5.41, 5.74) is 16.7. The summed E-state index contributed by atoms with van der Waals surface area (Å²) in [7, 11) is 0. The van der Waals surface area contributed by atoms with E-state index in [9.17, 15) is 0 Å². The van der Waals surface area contributed by atoms with Gasteiger partial charge in [-0.15, -0.1) is 0 Å². The maximum Gasteiger partial charge on any atom is 0.135 e. The first-order valence-electron chi connectivity index (χ1n) is 21.0. The zero-order chi connectivity index (χ0) is 40.3. The Balaban J connectivity index is 1.09. The van der Waals surface area contributed by atoms with Crippen LogP contribution in [0.25, 0.3) is 66.1 Å². The molecule has 1 heterocycles. The molecule has 0 aliphatic heterocycles. The summed E-state index contributed by atoms with van der Waals surface area (Å²) in [6.45, 7) is 0. The second kappa shape index (κ2) is 14.1. The van der Waals surface area contributed by atoms with Gasteiger partial charge >= 0.3 is 0 Å². The van der Waals surface area contributed by atoms with Crippen LogP contribution in [0.2, 0.25) is 0 Å². The number of para-hydroxylation sites is 2. The fourth-order valence-electron chi connectivity index (χ4n) is 9.98. The molecule has 0 radical (unpaired) electrons. The average molecular weight is 778 g/mol. The van der Waals surface area contributed by atoms with Crippen molar-refractivity contribution in [3.05, 3.63) is 259 Å². The van der Waals surface area contributed by atoms with Crippen molar-refractivity contribution in [1.82, 2.24) is 0 Å². The van der Waals surface area contributed by atoms with E-state index in [0.29, 0.717) is 0 Å². The van der Waals surface area contributed by atoms with Crippen molar-refractivity contribution in [2.45, 2.75) is 5.41 Å². The van der Waals surface area contributed by atoms with Crippen LogP contribution in [0.5, 0.6) is 0 Å². The number of furan rings is 1. The Morgan fingerprint density at radius 1 is 0.328 bits per heavy atom. The summed E-state index contributed by atoms with van der Waals surface area (Å²) < 4.78 is 6.28. The van der Waals surface area contributed by atoms with Gasteiger partial charge in [-0.2, -0.15) is 0 Å². The molecule has 0 spiro atoms. The lowest BCUT2D eigenvalue weighted by atomic mass is 9.67. The van der Waals surface area contributed by atoms with Crippen molar-refractivity contribution in [3.63, 3.8) is 0 Å². The monoisotopic (exact) mass is 777 g/mol. The highest BCUT2D eigenvalue weighted by Gasteiger charge is 2.46. The minimum absolute atomic E-state index is 0.525. The van der Waals surface area contributed by atoms with Crippen LogP contribution in [0, 0.1) is 0 Å². The van der Waals surface area contributed by atoms with Crippen LogP contribution in [0.1, 0.15) is 22.3 Å². The van der Waals surface area contributed by atoms with Gasteiger partial charge in [0.1, 0.15) is 11.2 Å². The van der Waals surface area contributed by atoms with Crippen molar-refractivity contribution in [3.8, 4) is 33.4 Å². The number of rotatable bonds is 7. The van der Waals surface area contributed by atoms with Gasteiger partial charge < -0.3 is 9.32 Å². The second-order valence-electron chi connectivity index (χ2n) is 16.0. The molecule has 0 saturated carbocycles. The van der Waals surface area contributed by atoms with E-state index in [4.69, 9.17) is 4.42 Å². The molecule has 0 bridgehead atoms. The van der Waals surface area contributed by atoms with Crippen LogP contribution >= 0.6 is 0 Å². The van der Waals surface area contributed by atoms with E-state index in [2.05, 4.69) is 229 Å². The second-order valence-corrected chi connectivity index (χ2v) is 16.0. The van der Waals surface area contributed by atoms with E-state index in [1.165, 1.54) is 55.3 Å². The predicted octanol–water partition coefficient (Wildman–Crippen LogP) is 15.9. The first kappa shape index (κ1) is 35.0. The Kier molecular flexibility index (Phi) is 8.11. The number of hydrogen-bond donors (Lipinski definition) is 0. The SMILES string of the molecule is c1ccc(C2(c3ccccc3)c3ccccc3-c3ccc(N(c4ccc(-c5ccc6ccccc6c5)cc4)c4ccccc4-c4ccc5oc6ccccc6c5c4)cc32)cc1. The predicted molar refractivity (Wildman–Crippen MR) is 254 cm³/mol. The van der Waals surface area contributed by atoms with Crippen LogP contribution in [-0.4, -0.2) is 0 Å². The Morgan fingerprint density at radius 2 is 0.918 bits per heavy atom. The number of hydrogen-bond acceptors (Lipinski definition) is 2. The third-order valence-corrected chi connectivity index (χ3v) is 12.7. The zero-order valence-corrected chi connectivity index (χ0v) is 33.4. The lowest BCUT2D eigenvalue weighted by Crippen LogP contribution is -2.28. The molecule has 10 aromatic carbocycles. The molecule has 0 N–H and O–H groups in total. The quantitative estimate of drug-likeness (QED) is 0.160. The largest absolute Gasteiger partial charge is 0.456 e. The van der Waals surface area contributed by atoms with Crippen molar-refractivity contribution in [1.29, 1.82) is 0 Å². The maximum atomic E-state index is 6.28. The number of nitrogens with zero attached hydrogens (tertiary/aromatic N) is 1. The highest BCUT2D eigenvalue weighted by Crippen LogP contribution is 2.57. The Bertz CT molecular complexity index is 3380. The maximum absolute atomic E-state index is 6.28. The van der Waals surface area contributed by atoms with Gasteiger partial charge in [0.05, 0.1) is 11.1 Å². The number of fused-ring (bicyclic) bond motifs is 7. The third-order valence-electron chi connectivity index (χ3n) is 12.7. The summed E-state index contributed by atoms with van der Waals surface area (Å²) in [6.07, 6.45) is 0. The lowest BCUT2D eigenvalue weighted by Gasteiger charge is -2.35. The van der Waals surface area contributed by atoms with Crippen molar-refractivity contribution < 1.29 is 4.42 Å². The van der Waals surface area contributed by atoms with E-state index in [1.807, 2.05) is 12.1 Å². The molecular formula is C59H39NO. The van der Waals surface area contributed by atoms with Crippen molar-refractivity contribution >= 4 is 49.8 Å². The molecule has 0 amide bonds. The van der Waals surface area contributed by atoms with Gasteiger partial charge in [0, 0.05) is 27.7 Å². The number of anilines is 3. The van der Waals surface area contributed by atoms with E-state index in [-0.39, 0.29) is 0 Å². The average Bonchev–Trinajstić information content (AvgIpc) is 3.86. The molecule has 1 aromatic heterocycles. The Morgan fingerprint density at radius 3 is 1.72 bits per heavy atom. The summed E-state index contributed by atoms with van der Waals surface area (Å²) in [6, 6.07) is 86.2. The summed E-state index contributed by atoms with van der Waals surface area (Å²) in [5.74, 6) is 0. The smallest absolute Gasteiger partial charge is 0.135 e. The number of benzene rings is 10. The summed E-state index contributed by atoms with van der Waals surface area (Å²) >= 11 is 0. The zero-order valence-electron chi connectivity index (χ0n) is 33.4. The molecule has 0 saturated heterocycles. The van der Waals surface area contributed by atoms with E-state index in [0.717, 1.165) is 50.1 Å². The van der Waals surface area contributed by atoms with Crippen molar-refractivity contribution in [2.75, 3.05) is 4.90 Å². The van der Waals surface area contributed by atoms with Crippen LogP contribution in [0.3, 0.4) is 0 Å². The van der Waals surface area contributed by atoms with Gasteiger partial charge in [-0.25, -0.2) is 0 Å². The summed E-state index contributed by atoms with van der Waals surface area (Å²) in [4.78, 5) is 2.45. The molecule has 1 aliphatic rings. The molecule has 61 heavy (non-hydrogen) atoms. The first-order valence-corrected chi connectivity index (χ1v) is 21.0. The third kappa shape index (κ3) is 5.57. The fourth-order valence-corrected chi connectivity index (χ4v) is 9.98. The van der Waals surface area contributed by atoms with Gasteiger partial charge in [0.15, 0.2) is 0 Å². The molecule has 286 valence electrons. The summed E-state index contributed by atoms with van der Waals surface area (Å²) in [5, 5.41) is 4.71. The Labute approximate surface area is 355 Å². The molecule has 2 heteroatoms. The van der Waals surface area contributed by atoms with Gasteiger partial charge in [-0.3, -0.25) is 0 Å². The molecule has 12 rings (SSSR count). The van der Waals surface area contributed by atoms with Gasteiger partial charge in [0.25, 0.3) is 0 Å². The fraction of sp³-hybridized carbons (Fsp3) is 0.0169. The topological polar surface area (TPSA) is 16.4 Å². The molecule has 0 fully saturated rings. The van der Waals surface area contributed by atoms with Gasteiger partial charge in [-0.1, -0.05) is 182 Å². The van der Waals surface area contributed by atoms with Crippen LogP contribution in [0.15, 0.2) is 241 Å². The van der Waals surface area contributed by atoms with Gasteiger partial charge in [0.2, 0.25) is 0 Å². The van der Waals surface area contributed by atoms with E-state index >= 15 is 0 Å². The standard InChI is InChI=1S/C59H39NO/c1-3-17-45(18-4-1)59(46-19-5-2-6-20-46)54-24-12-9-22-50(54)51-35-34-48(39-55(51)59)60(47-32-29-41(30-33-47)43-28-27-40-15-7-8-16-42(40)37-43)56-25-13-10-21-49(56)44-31-36-58-53(38-44)52-23-11-14-26-57(52)61-58/h1-39H. The molecular weight excluding hydrogens is 739 g/mol. The van der Waals surface area contributed by atoms with Crippen molar-refractivity contribution in [2.24, 2.45) is 0 Å². The first-order chi connectivity index (χ1) is 30.2. The minimum atomic E-state index is -0.525.